The van der Waals surface area contributed by atoms with Crippen molar-refractivity contribution in [2.45, 2.75) is 37.8 Å². The van der Waals surface area contributed by atoms with Crippen molar-refractivity contribution in [3.8, 4) is 17.1 Å². The van der Waals surface area contributed by atoms with Crippen molar-refractivity contribution in [3.05, 3.63) is 84.6 Å². The summed E-state index contributed by atoms with van der Waals surface area (Å²) in [4.78, 5) is 88.3. The number of carbonyl (C=O) groups excluding carboxylic acids is 5. The molecule has 3 aliphatic rings. The number of likely N-dealkylation sites (tertiary alicyclic amines) is 1. The second-order valence-electron chi connectivity index (χ2n) is 15.2. The molecule has 0 spiro atoms. The first-order valence-electron chi connectivity index (χ1n) is 20.6. The lowest BCUT2D eigenvalue weighted by molar-refractivity contribution is -0.138. The maximum absolute atomic E-state index is 13.3. The Bertz CT molecular complexity index is 2450. The summed E-state index contributed by atoms with van der Waals surface area (Å²) < 4.78 is 13.4. The minimum Gasteiger partial charge on any atom is -0.490 e. The van der Waals surface area contributed by atoms with Gasteiger partial charge in [-0.15, -0.1) is 0 Å². The van der Waals surface area contributed by atoms with Crippen molar-refractivity contribution in [1.82, 2.24) is 44.4 Å². The molecule has 5 aromatic rings. The highest BCUT2D eigenvalue weighted by Gasteiger charge is 2.42. The third kappa shape index (κ3) is 9.03. The molecule has 3 aromatic heterocycles. The zero-order valence-electron chi connectivity index (χ0n) is 34.3. The molecule has 62 heavy (non-hydrogen) atoms. The topological polar surface area (TPSA) is 223 Å². The third-order valence-corrected chi connectivity index (χ3v) is 11.5. The number of rotatable bonds is 16. The van der Waals surface area contributed by atoms with E-state index in [1.165, 1.54) is 19.3 Å². The summed E-state index contributed by atoms with van der Waals surface area (Å²) in [5.74, 6) is -0.574. The SMILES string of the molecule is CNC(=O)CCC(C=O)N1C(=O)c2cccc(OCCOCC(=O)N3CCC(N4CCN(c5ccc(Nc6nc(-c7cncc(N)n7)cn7ccnc67)cc5)CC4)CC3)c2C1=O. The first-order chi connectivity index (χ1) is 30.2. The number of piperidine rings is 1. The highest BCUT2D eigenvalue weighted by Crippen LogP contribution is 2.33. The zero-order valence-corrected chi connectivity index (χ0v) is 34.3. The minimum absolute atomic E-state index is 0.00875. The molecule has 3 aliphatic heterocycles. The first-order valence-corrected chi connectivity index (χ1v) is 20.6. The number of imidazole rings is 1. The lowest BCUT2D eigenvalue weighted by Crippen LogP contribution is -2.54. The van der Waals surface area contributed by atoms with Gasteiger partial charge in [0.25, 0.3) is 11.8 Å². The Morgan fingerprint density at radius 2 is 1.74 bits per heavy atom. The Kier molecular flexibility index (Phi) is 12.6. The van der Waals surface area contributed by atoms with E-state index in [0.29, 0.717) is 54.1 Å². The number of ether oxygens (including phenoxy) is 2. The van der Waals surface area contributed by atoms with Crippen molar-refractivity contribution in [3.63, 3.8) is 0 Å². The number of nitrogens with one attached hydrogen (secondary N) is 2. The van der Waals surface area contributed by atoms with Crippen LogP contribution in [0.4, 0.5) is 23.0 Å². The van der Waals surface area contributed by atoms with Crippen LogP contribution in [0.3, 0.4) is 0 Å². The monoisotopic (exact) mass is 844 g/mol. The van der Waals surface area contributed by atoms with Gasteiger partial charge in [0.1, 0.15) is 42.5 Å². The molecule has 2 aromatic carbocycles. The van der Waals surface area contributed by atoms with Crippen molar-refractivity contribution >= 4 is 58.6 Å². The molecule has 19 heteroatoms. The van der Waals surface area contributed by atoms with Gasteiger partial charge in [0, 0.05) is 88.7 Å². The number of amides is 4. The number of hydrogen-bond acceptors (Lipinski definition) is 15. The first kappa shape index (κ1) is 41.7. The molecule has 1 unspecified atom stereocenters. The fourth-order valence-corrected chi connectivity index (χ4v) is 8.18. The van der Waals surface area contributed by atoms with Gasteiger partial charge in [-0.05, 0) is 55.7 Å². The van der Waals surface area contributed by atoms with Crippen LogP contribution < -0.4 is 26.0 Å². The number of imide groups is 1. The lowest BCUT2D eigenvalue weighted by atomic mass is 10.0. The molecule has 2 fully saturated rings. The number of nitrogens with zero attached hydrogens (tertiary/aromatic N) is 9. The van der Waals surface area contributed by atoms with Gasteiger partial charge in [0.15, 0.2) is 11.5 Å². The number of benzene rings is 2. The predicted octanol–water partition coefficient (Wildman–Crippen LogP) is 2.41. The van der Waals surface area contributed by atoms with Crippen LogP contribution in [0.5, 0.6) is 5.75 Å². The summed E-state index contributed by atoms with van der Waals surface area (Å²) in [6.07, 6.45) is 10.8. The van der Waals surface area contributed by atoms with E-state index in [2.05, 4.69) is 47.5 Å². The molecule has 0 radical (unpaired) electrons. The predicted molar refractivity (Wildman–Crippen MR) is 228 cm³/mol. The molecule has 6 heterocycles. The number of nitrogens with two attached hydrogens (primary N) is 1. The van der Waals surface area contributed by atoms with Gasteiger partial charge in [-0.3, -0.25) is 34.0 Å². The van der Waals surface area contributed by atoms with E-state index >= 15 is 0 Å². The second kappa shape index (κ2) is 18.7. The number of carbonyl (C=O) groups is 5. The smallest absolute Gasteiger partial charge is 0.265 e. The standard InChI is InChI=1S/C43H48N12O7/c1-45-37(57)10-9-31(26-56)55-42(59)32-3-2-4-35(39(32)43(55)60)62-22-21-61-27-38(58)53-14-11-30(12-15-53)52-19-17-51(18-20-52)29-7-5-28(6-8-29)48-40-41-47-13-16-54(41)25-34(50-40)33-23-46-24-36(44)49-33/h2-8,13,16,23-26,30-31H,9-12,14-15,17-22,27H2,1H3,(H2,44,49)(H,45,57)(H,48,50). The summed E-state index contributed by atoms with van der Waals surface area (Å²) >= 11 is 0. The molecular weight excluding hydrogens is 797 g/mol. The number of anilines is 4. The molecule has 322 valence electrons. The number of hydrogen-bond donors (Lipinski definition) is 3. The average Bonchev–Trinajstić information content (AvgIpc) is 3.89. The molecule has 0 saturated carbocycles. The fourth-order valence-electron chi connectivity index (χ4n) is 8.18. The largest absolute Gasteiger partial charge is 0.490 e. The Morgan fingerprint density at radius 1 is 0.952 bits per heavy atom. The van der Waals surface area contributed by atoms with Crippen LogP contribution in [0.2, 0.25) is 0 Å². The summed E-state index contributed by atoms with van der Waals surface area (Å²) in [6.45, 7) is 5.00. The molecule has 8 rings (SSSR count). The van der Waals surface area contributed by atoms with Gasteiger partial charge in [-0.2, -0.15) is 0 Å². The summed E-state index contributed by atoms with van der Waals surface area (Å²) in [5, 5.41) is 5.88. The Labute approximate surface area is 357 Å². The number of fused-ring (bicyclic) bond motifs is 2. The molecule has 1 atom stereocenters. The Hall–Kier alpha value is -6.99. The molecule has 19 nitrogen and oxygen atoms in total. The molecule has 0 bridgehead atoms. The molecule has 4 N–H and O–H groups in total. The molecule has 2 saturated heterocycles. The fraction of sp³-hybridized carbons (Fsp3) is 0.372. The third-order valence-electron chi connectivity index (χ3n) is 11.5. The maximum Gasteiger partial charge on any atom is 0.265 e. The van der Waals surface area contributed by atoms with E-state index in [0.717, 1.165) is 55.3 Å². The van der Waals surface area contributed by atoms with Crippen LogP contribution in [-0.2, 0) is 19.1 Å². The van der Waals surface area contributed by atoms with Crippen molar-refractivity contribution in [2.75, 3.05) is 82.1 Å². The quantitative estimate of drug-likeness (QED) is 0.0737. The molecular formula is C43H48N12O7. The molecule has 0 aliphatic carbocycles. The normalized spacial score (nSPS) is 16.4. The summed E-state index contributed by atoms with van der Waals surface area (Å²) in [6, 6.07) is 12.3. The Balaban J connectivity index is 0.753. The van der Waals surface area contributed by atoms with Crippen LogP contribution >= 0.6 is 0 Å². The van der Waals surface area contributed by atoms with Crippen LogP contribution in [-0.4, -0.2) is 147 Å². The second-order valence-corrected chi connectivity index (χ2v) is 15.2. The van der Waals surface area contributed by atoms with E-state index in [1.807, 2.05) is 33.8 Å². The summed E-state index contributed by atoms with van der Waals surface area (Å²) in [5.41, 5.74) is 9.94. The minimum atomic E-state index is -1.08. The van der Waals surface area contributed by atoms with Crippen molar-refractivity contribution < 1.29 is 33.4 Å². The van der Waals surface area contributed by atoms with Crippen molar-refractivity contribution in [2.24, 2.45) is 0 Å². The van der Waals surface area contributed by atoms with Gasteiger partial charge >= 0.3 is 0 Å². The molecule has 4 amide bonds. The summed E-state index contributed by atoms with van der Waals surface area (Å²) in [7, 11) is 1.47. The van der Waals surface area contributed by atoms with E-state index in [9.17, 15) is 24.0 Å². The van der Waals surface area contributed by atoms with Gasteiger partial charge in [0.05, 0.1) is 36.2 Å². The highest BCUT2D eigenvalue weighted by atomic mass is 16.5. The van der Waals surface area contributed by atoms with Gasteiger partial charge in [0.2, 0.25) is 11.8 Å². The van der Waals surface area contributed by atoms with Crippen LogP contribution in [0.25, 0.3) is 17.0 Å². The zero-order chi connectivity index (χ0) is 43.2. The van der Waals surface area contributed by atoms with Crippen LogP contribution in [0, 0.1) is 0 Å². The number of aldehydes is 1. The van der Waals surface area contributed by atoms with Gasteiger partial charge in [-0.1, -0.05) is 6.07 Å². The highest BCUT2D eigenvalue weighted by molar-refractivity contribution is 6.23. The lowest BCUT2D eigenvalue weighted by Gasteiger charge is -2.43. The number of nitrogen functional groups attached to an aromatic ring is 1. The van der Waals surface area contributed by atoms with E-state index in [4.69, 9.17) is 20.2 Å². The number of piperazine rings is 1. The van der Waals surface area contributed by atoms with Crippen LogP contribution in [0.1, 0.15) is 46.4 Å². The van der Waals surface area contributed by atoms with Crippen molar-refractivity contribution in [1.29, 1.82) is 0 Å². The van der Waals surface area contributed by atoms with Crippen LogP contribution in [0.15, 0.2) is 73.4 Å². The van der Waals surface area contributed by atoms with E-state index in [1.54, 1.807) is 24.5 Å². The van der Waals surface area contributed by atoms with Gasteiger partial charge in [-0.25, -0.2) is 15.0 Å². The maximum atomic E-state index is 13.3. The van der Waals surface area contributed by atoms with E-state index in [-0.39, 0.29) is 61.4 Å². The van der Waals surface area contributed by atoms with Gasteiger partial charge < -0.3 is 44.8 Å². The van der Waals surface area contributed by atoms with E-state index < -0.39 is 17.9 Å². The number of aromatic nitrogens is 5. The average molecular weight is 845 g/mol. The Morgan fingerprint density at radius 3 is 2.48 bits per heavy atom.